The lowest BCUT2D eigenvalue weighted by atomic mass is 10.1. The summed E-state index contributed by atoms with van der Waals surface area (Å²) >= 11 is 0. The van der Waals surface area contributed by atoms with Crippen LogP contribution < -0.4 is 15.5 Å². The third-order valence-corrected chi connectivity index (χ3v) is 4.61. The van der Waals surface area contributed by atoms with Gasteiger partial charge in [-0.05, 0) is 36.5 Å². The van der Waals surface area contributed by atoms with Crippen LogP contribution in [0.25, 0.3) is 0 Å². The summed E-state index contributed by atoms with van der Waals surface area (Å²) in [4.78, 5) is 25.6. The van der Waals surface area contributed by atoms with Crippen molar-refractivity contribution in [3.8, 4) is 0 Å². The first kappa shape index (κ1) is 16.8. The second-order valence-electron chi connectivity index (χ2n) is 6.31. The van der Waals surface area contributed by atoms with Gasteiger partial charge in [-0.1, -0.05) is 19.1 Å². The first-order valence-electron chi connectivity index (χ1n) is 8.73. The number of hydrogen-bond acceptors (Lipinski definition) is 3. The van der Waals surface area contributed by atoms with Crippen LogP contribution in [0.15, 0.2) is 18.2 Å². The predicted octanol–water partition coefficient (Wildman–Crippen LogP) is 1.96. The van der Waals surface area contributed by atoms with Gasteiger partial charge < -0.3 is 20.3 Å². The summed E-state index contributed by atoms with van der Waals surface area (Å²) in [5, 5.41) is 5.72. The Hall–Kier alpha value is -2.08. The summed E-state index contributed by atoms with van der Waals surface area (Å²) in [5.74, 6) is 0.160. The summed E-state index contributed by atoms with van der Waals surface area (Å²) in [6.07, 6.45) is 3.63. The van der Waals surface area contributed by atoms with Crippen LogP contribution in [0.4, 0.5) is 10.5 Å². The van der Waals surface area contributed by atoms with Crippen molar-refractivity contribution in [2.24, 2.45) is 0 Å². The van der Waals surface area contributed by atoms with Gasteiger partial charge in [-0.25, -0.2) is 4.79 Å². The van der Waals surface area contributed by atoms with Gasteiger partial charge >= 0.3 is 6.03 Å². The number of anilines is 1. The maximum Gasteiger partial charge on any atom is 0.315 e. The van der Waals surface area contributed by atoms with E-state index in [2.05, 4.69) is 16.7 Å². The highest BCUT2D eigenvalue weighted by atomic mass is 16.5. The molecule has 1 fully saturated rings. The molecule has 0 saturated carbocycles. The molecule has 0 bridgehead atoms. The van der Waals surface area contributed by atoms with E-state index in [4.69, 9.17) is 4.74 Å². The van der Waals surface area contributed by atoms with Crippen molar-refractivity contribution in [1.82, 2.24) is 10.6 Å². The first-order valence-corrected chi connectivity index (χ1v) is 8.73. The number of hydrogen-bond donors (Lipinski definition) is 2. The van der Waals surface area contributed by atoms with Gasteiger partial charge in [0.25, 0.3) is 0 Å². The number of carbonyl (C=O) groups is 2. The highest BCUT2D eigenvalue weighted by molar-refractivity contribution is 5.95. The Bertz CT molecular complexity index is 612. The average molecular weight is 331 g/mol. The van der Waals surface area contributed by atoms with E-state index in [1.165, 1.54) is 5.56 Å². The minimum absolute atomic E-state index is 0.151. The van der Waals surface area contributed by atoms with Gasteiger partial charge in [0.1, 0.15) is 0 Å². The molecule has 6 nitrogen and oxygen atoms in total. The summed E-state index contributed by atoms with van der Waals surface area (Å²) < 4.78 is 5.48. The molecule has 1 saturated heterocycles. The summed E-state index contributed by atoms with van der Waals surface area (Å²) in [6.45, 7) is 4.46. The molecule has 0 aromatic heterocycles. The van der Waals surface area contributed by atoms with E-state index in [0.717, 1.165) is 43.7 Å². The smallest absolute Gasteiger partial charge is 0.315 e. The first-order chi connectivity index (χ1) is 11.7. The van der Waals surface area contributed by atoms with E-state index < -0.39 is 0 Å². The molecule has 24 heavy (non-hydrogen) atoms. The number of nitrogens with zero attached hydrogens (tertiary/aromatic N) is 1. The largest absolute Gasteiger partial charge is 0.376 e. The minimum atomic E-state index is -0.172. The Morgan fingerprint density at radius 1 is 1.33 bits per heavy atom. The summed E-state index contributed by atoms with van der Waals surface area (Å²) in [7, 11) is 0. The molecule has 0 aliphatic carbocycles. The molecule has 1 aromatic rings. The van der Waals surface area contributed by atoms with Crippen molar-refractivity contribution in [3.05, 3.63) is 29.3 Å². The van der Waals surface area contributed by atoms with Gasteiger partial charge in [-0.15, -0.1) is 0 Å². The van der Waals surface area contributed by atoms with E-state index in [1.807, 2.05) is 24.0 Å². The molecule has 6 heteroatoms. The SMILES string of the molecule is CCC(=O)N1CCc2cc(CNC(=O)NCC3CCCO3)ccc21. The van der Waals surface area contributed by atoms with Crippen LogP contribution in [-0.4, -0.2) is 37.7 Å². The highest BCUT2D eigenvalue weighted by Crippen LogP contribution is 2.29. The van der Waals surface area contributed by atoms with Gasteiger partial charge in [0.05, 0.1) is 6.10 Å². The van der Waals surface area contributed by atoms with E-state index in [1.54, 1.807) is 0 Å². The number of carbonyl (C=O) groups excluding carboxylic acids is 2. The number of urea groups is 1. The number of benzene rings is 1. The molecule has 2 aliphatic heterocycles. The molecule has 0 spiro atoms. The second kappa shape index (κ2) is 7.66. The lowest BCUT2D eigenvalue weighted by Crippen LogP contribution is -2.39. The monoisotopic (exact) mass is 331 g/mol. The van der Waals surface area contributed by atoms with Crippen LogP contribution in [0.1, 0.15) is 37.3 Å². The van der Waals surface area contributed by atoms with E-state index in [0.29, 0.717) is 19.5 Å². The molecule has 130 valence electrons. The zero-order valence-electron chi connectivity index (χ0n) is 14.1. The molecule has 2 heterocycles. The maximum atomic E-state index is 11.9. The van der Waals surface area contributed by atoms with Crippen LogP contribution in [0, 0.1) is 0 Å². The predicted molar refractivity (Wildman–Crippen MR) is 92.0 cm³/mol. The van der Waals surface area contributed by atoms with Crippen molar-refractivity contribution in [1.29, 1.82) is 0 Å². The van der Waals surface area contributed by atoms with Crippen LogP contribution in [-0.2, 0) is 22.5 Å². The molecule has 0 radical (unpaired) electrons. The lowest BCUT2D eigenvalue weighted by molar-refractivity contribution is -0.118. The molecule has 3 amide bonds. The normalized spacial score (nSPS) is 19.2. The number of amides is 3. The van der Waals surface area contributed by atoms with Crippen molar-refractivity contribution < 1.29 is 14.3 Å². The molecule has 1 aromatic carbocycles. The standard InChI is InChI=1S/C18H25N3O3/c1-2-17(22)21-8-7-14-10-13(5-6-16(14)21)11-19-18(23)20-12-15-4-3-9-24-15/h5-6,10,15H,2-4,7-9,11-12H2,1H3,(H2,19,20,23). The van der Waals surface area contributed by atoms with E-state index in [9.17, 15) is 9.59 Å². The zero-order chi connectivity index (χ0) is 16.9. The van der Waals surface area contributed by atoms with Gasteiger partial charge in [-0.3, -0.25) is 4.79 Å². The van der Waals surface area contributed by atoms with E-state index >= 15 is 0 Å². The second-order valence-corrected chi connectivity index (χ2v) is 6.31. The fraction of sp³-hybridized carbons (Fsp3) is 0.556. The molecule has 2 aliphatic rings. The van der Waals surface area contributed by atoms with E-state index in [-0.39, 0.29) is 18.0 Å². The van der Waals surface area contributed by atoms with Crippen molar-refractivity contribution >= 4 is 17.6 Å². The topological polar surface area (TPSA) is 70.7 Å². The van der Waals surface area contributed by atoms with Crippen molar-refractivity contribution in [2.75, 3.05) is 24.6 Å². The van der Waals surface area contributed by atoms with Crippen molar-refractivity contribution in [2.45, 2.75) is 45.3 Å². The van der Waals surface area contributed by atoms with Crippen LogP contribution in [0.5, 0.6) is 0 Å². The molecule has 3 rings (SSSR count). The zero-order valence-corrected chi connectivity index (χ0v) is 14.1. The molecule has 2 N–H and O–H groups in total. The van der Waals surface area contributed by atoms with Crippen LogP contribution in [0.3, 0.4) is 0 Å². The lowest BCUT2D eigenvalue weighted by Gasteiger charge is -2.16. The van der Waals surface area contributed by atoms with Gasteiger partial charge in [0, 0.05) is 38.3 Å². The highest BCUT2D eigenvalue weighted by Gasteiger charge is 2.23. The average Bonchev–Trinajstić information content (AvgIpc) is 3.26. The van der Waals surface area contributed by atoms with Gasteiger partial charge in [0.2, 0.25) is 5.91 Å². The van der Waals surface area contributed by atoms with Crippen LogP contribution in [0.2, 0.25) is 0 Å². The quantitative estimate of drug-likeness (QED) is 0.866. The number of ether oxygens (including phenoxy) is 1. The number of fused-ring (bicyclic) bond motifs is 1. The Labute approximate surface area is 142 Å². The third kappa shape index (κ3) is 3.87. The molecule has 1 atom stereocenters. The van der Waals surface area contributed by atoms with Crippen molar-refractivity contribution in [3.63, 3.8) is 0 Å². The fourth-order valence-electron chi connectivity index (χ4n) is 3.27. The molecular weight excluding hydrogens is 306 g/mol. The maximum absolute atomic E-state index is 11.9. The number of rotatable bonds is 5. The Morgan fingerprint density at radius 2 is 2.21 bits per heavy atom. The van der Waals surface area contributed by atoms with Crippen LogP contribution >= 0.6 is 0 Å². The Balaban J connectivity index is 1.49. The minimum Gasteiger partial charge on any atom is -0.376 e. The Kier molecular flexibility index (Phi) is 5.35. The number of nitrogens with one attached hydrogen (secondary N) is 2. The molecular formula is C18H25N3O3. The summed E-state index contributed by atoms with van der Waals surface area (Å²) in [6, 6.07) is 5.87. The Morgan fingerprint density at radius 3 is 2.96 bits per heavy atom. The summed E-state index contributed by atoms with van der Waals surface area (Å²) in [5.41, 5.74) is 3.23. The van der Waals surface area contributed by atoms with Gasteiger partial charge in [0.15, 0.2) is 0 Å². The van der Waals surface area contributed by atoms with Gasteiger partial charge in [-0.2, -0.15) is 0 Å². The molecule has 1 unspecified atom stereocenters. The fourth-order valence-corrected chi connectivity index (χ4v) is 3.27. The third-order valence-electron chi connectivity index (χ3n) is 4.61.